The number of rotatable bonds is 9. The molecule has 6 nitrogen and oxygen atoms in total. The molecule has 0 radical (unpaired) electrons. The lowest BCUT2D eigenvalue weighted by atomic mass is 10.00. The number of nitrogens with one attached hydrogen (secondary N) is 1. The topological polar surface area (TPSA) is 62.5 Å². The summed E-state index contributed by atoms with van der Waals surface area (Å²) in [6.07, 6.45) is 0.535. The molecule has 2 heterocycles. The number of aromatic nitrogens is 2. The van der Waals surface area contributed by atoms with Crippen LogP contribution >= 0.6 is 0 Å². The molecule has 4 rings (SSSR count). The molecule has 1 aromatic heterocycles. The largest absolute Gasteiger partial charge is 0.491 e. The highest BCUT2D eigenvalue weighted by Gasteiger charge is 2.18. The van der Waals surface area contributed by atoms with Gasteiger partial charge in [-0.1, -0.05) is 36.4 Å². The third kappa shape index (κ3) is 5.94. The normalized spacial score (nSPS) is 14.9. The van der Waals surface area contributed by atoms with E-state index >= 15 is 0 Å². The molecule has 0 amide bonds. The standard InChI is InChI=1S/C25H32N4O2/c1-19-13-23(27-28(19)2)15-26-14-20-7-9-25(10-8-20)31-18-24(30)17-29-12-11-21-5-3-4-6-22(21)16-29/h3-10,13,24,26,30H,11-12,14-18H2,1-2H3. The summed E-state index contributed by atoms with van der Waals surface area (Å²) >= 11 is 0. The monoisotopic (exact) mass is 420 g/mol. The Kier molecular flexibility index (Phi) is 7.02. The minimum absolute atomic E-state index is 0.300. The number of β-amino-alcohol motifs (C(OH)–C–C–N with tert-alkyl or cyclic N) is 1. The first kappa shape index (κ1) is 21.6. The second-order valence-electron chi connectivity index (χ2n) is 8.37. The average Bonchev–Trinajstić information content (AvgIpc) is 3.10. The van der Waals surface area contributed by atoms with Gasteiger partial charge in [0.05, 0.1) is 5.69 Å². The van der Waals surface area contributed by atoms with Crippen molar-refractivity contribution in [2.24, 2.45) is 7.05 Å². The van der Waals surface area contributed by atoms with Gasteiger partial charge in [0, 0.05) is 45.5 Å². The Bertz CT molecular complexity index is 964. The maximum atomic E-state index is 10.4. The van der Waals surface area contributed by atoms with E-state index in [1.54, 1.807) is 0 Å². The lowest BCUT2D eigenvalue weighted by molar-refractivity contribution is 0.0638. The number of nitrogens with zero attached hydrogens (tertiary/aromatic N) is 3. The van der Waals surface area contributed by atoms with Crippen LogP contribution in [0.1, 0.15) is 28.1 Å². The van der Waals surface area contributed by atoms with Gasteiger partial charge in [0.15, 0.2) is 0 Å². The summed E-state index contributed by atoms with van der Waals surface area (Å²) in [4.78, 5) is 2.30. The van der Waals surface area contributed by atoms with Crippen LogP contribution in [-0.2, 0) is 33.1 Å². The highest BCUT2D eigenvalue weighted by Crippen LogP contribution is 2.19. The Balaban J connectivity index is 1.18. The zero-order valence-corrected chi connectivity index (χ0v) is 18.4. The SMILES string of the molecule is Cc1cc(CNCc2ccc(OCC(O)CN3CCc4ccccc4C3)cc2)nn1C. The molecule has 164 valence electrons. The molecule has 0 bridgehead atoms. The van der Waals surface area contributed by atoms with Crippen LogP contribution in [0.5, 0.6) is 5.75 Å². The van der Waals surface area contributed by atoms with E-state index in [1.807, 2.05) is 23.9 Å². The van der Waals surface area contributed by atoms with Gasteiger partial charge in [0.2, 0.25) is 0 Å². The predicted octanol–water partition coefficient (Wildman–Crippen LogP) is 2.82. The molecule has 1 aliphatic heterocycles. The van der Waals surface area contributed by atoms with E-state index in [0.717, 1.165) is 49.7 Å². The third-order valence-corrected chi connectivity index (χ3v) is 5.84. The van der Waals surface area contributed by atoms with E-state index < -0.39 is 6.10 Å². The van der Waals surface area contributed by atoms with E-state index in [2.05, 4.69) is 64.7 Å². The van der Waals surface area contributed by atoms with Crippen molar-refractivity contribution in [3.05, 3.63) is 82.7 Å². The van der Waals surface area contributed by atoms with Crippen LogP contribution in [-0.4, -0.2) is 45.6 Å². The first-order valence-corrected chi connectivity index (χ1v) is 11.0. The molecule has 0 spiro atoms. The van der Waals surface area contributed by atoms with Crippen molar-refractivity contribution in [1.82, 2.24) is 20.0 Å². The third-order valence-electron chi connectivity index (χ3n) is 5.84. The maximum absolute atomic E-state index is 10.4. The molecule has 2 aromatic carbocycles. The van der Waals surface area contributed by atoms with Crippen LogP contribution in [0.15, 0.2) is 54.6 Å². The summed E-state index contributed by atoms with van der Waals surface area (Å²) in [5.74, 6) is 0.784. The van der Waals surface area contributed by atoms with Crippen LogP contribution in [0.3, 0.4) is 0 Å². The molecule has 2 N–H and O–H groups in total. The maximum Gasteiger partial charge on any atom is 0.119 e. The van der Waals surface area contributed by atoms with Gasteiger partial charge in [-0.05, 0) is 48.2 Å². The first-order chi connectivity index (χ1) is 15.1. The summed E-state index contributed by atoms with van der Waals surface area (Å²) in [6, 6.07) is 18.7. The number of benzene rings is 2. The van der Waals surface area contributed by atoms with Gasteiger partial charge in [-0.15, -0.1) is 0 Å². The summed E-state index contributed by atoms with van der Waals surface area (Å²) in [7, 11) is 1.96. The number of aliphatic hydroxyl groups excluding tert-OH is 1. The first-order valence-electron chi connectivity index (χ1n) is 11.0. The van der Waals surface area contributed by atoms with Crippen LogP contribution < -0.4 is 10.1 Å². The minimum Gasteiger partial charge on any atom is -0.491 e. The molecule has 0 aliphatic carbocycles. The number of aryl methyl sites for hydroxylation is 2. The van der Waals surface area contributed by atoms with Gasteiger partial charge in [-0.2, -0.15) is 5.10 Å². The molecular formula is C25H32N4O2. The van der Waals surface area contributed by atoms with E-state index in [0.29, 0.717) is 13.2 Å². The molecule has 3 aromatic rings. The molecule has 0 saturated heterocycles. The predicted molar refractivity (Wildman–Crippen MR) is 122 cm³/mol. The van der Waals surface area contributed by atoms with Crippen molar-refractivity contribution in [1.29, 1.82) is 0 Å². The fourth-order valence-electron chi connectivity index (χ4n) is 4.01. The molecule has 31 heavy (non-hydrogen) atoms. The van der Waals surface area contributed by atoms with Crippen LogP contribution in [0.4, 0.5) is 0 Å². The molecule has 1 aliphatic rings. The molecule has 1 unspecified atom stereocenters. The molecular weight excluding hydrogens is 388 g/mol. The van der Waals surface area contributed by atoms with Crippen molar-refractivity contribution in [2.75, 3.05) is 19.7 Å². The average molecular weight is 421 g/mol. The van der Waals surface area contributed by atoms with Gasteiger partial charge in [0.25, 0.3) is 0 Å². The van der Waals surface area contributed by atoms with E-state index in [4.69, 9.17) is 4.74 Å². The van der Waals surface area contributed by atoms with Crippen molar-refractivity contribution in [3.63, 3.8) is 0 Å². The Hall–Kier alpha value is -2.67. The van der Waals surface area contributed by atoms with Gasteiger partial charge in [-0.25, -0.2) is 0 Å². The van der Waals surface area contributed by atoms with Crippen molar-refractivity contribution in [3.8, 4) is 5.75 Å². The fraction of sp³-hybridized carbons (Fsp3) is 0.400. The molecule has 0 saturated carbocycles. The zero-order chi connectivity index (χ0) is 21.6. The van der Waals surface area contributed by atoms with Crippen LogP contribution in [0.2, 0.25) is 0 Å². The number of hydrogen-bond acceptors (Lipinski definition) is 5. The Morgan fingerprint density at radius 3 is 2.61 bits per heavy atom. The van der Waals surface area contributed by atoms with E-state index in [9.17, 15) is 5.11 Å². The number of aliphatic hydroxyl groups is 1. The minimum atomic E-state index is -0.506. The van der Waals surface area contributed by atoms with Crippen molar-refractivity contribution in [2.45, 2.75) is 39.1 Å². The number of hydrogen-bond donors (Lipinski definition) is 2. The van der Waals surface area contributed by atoms with Gasteiger partial charge >= 0.3 is 0 Å². The summed E-state index contributed by atoms with van der Waals surface area (Å²) in [6.45, 7) is 6.37. The molecule has 1 atom stereocenters. The summed E-state index contributed by atoms with van der Waals surface area (Å²) < 4.78 is 7.70. The Morgan fingerprint density at radius 2 is 1.87 bits per heavy atom. The Morgan fingerprint density at radius 1 is 1.10 bits per heavy atom. The second kappa shape index (κ2) is 10.1. The highest BCUT2D eigenvalue weighted by molar-refractivity contribution is 5.29. The second-order valence-corrected chi connectivity index (χ2v) is 8.37. The van der Waals surface area contributed by atoms with E-state index in [-0.39, 0.29) is 0 Å². The number of ether oxygens (including phenoxy) is 1. The Labute approximate surface area is 184 Å². The van der Waals surface area contributed by atoms with Gasteiger partial charge in [-0.3, -0.25) is 9.58 Å². The lowest BCUT2D eigenvalue weighted by Crippen LogP contribution is -2.38. The molecule has 0 fully saturated rings. The fourth-order valence-corrected chi connectivity index (χ4v) is 4.01. The van der Waals surface area contributed by atoms with Crippen molar-refractivity contribution >= 4 is 0 Å². The smallest absolute Gasteiger partial charge is 0.119 e. The van der Waals surface area contributed by atoms with Gasteiger partial charge in [0.1, 0.15) is 18.5 Å². The summed E-state index contributed by atoms with van der Waals surface area (Å²) in [5, 5.41) is 18.3. The van der Waals surface area contributed by atoms with Crippen LogP contribution in [0.25, 0.3) is 0 Å². The number of fused-ring (bicyclic) bond motifs is 1. The van der Waals surface area contributed by atoms with E-state index in [1.165, 1.54) is 16.7 Å². The lowest BCUT2D eigenvalue weighted by Gasteiger charge is -2.30. The van der Waals surface area contributed by atoms with Crippen molar-refractivity contribution < 1.29 is 9.84 Å². The molecule has 6 heteroatoms. The summed E-state index contributed by atoms with van der Waals surface area (Å²) in [5.41, 5.74) is 6.18. The quantitative estimate of drug-likeness (QED) is 0.557. The zero-order valence-electron chi connectivity index (χ0n) is 18.4. The van der Waals surface area contributed by atoms with Gasteiger partial charge < -0.3 is 15.2 Å². The highest BCUT2D eigenvalue weighted by atomic mass is 16.5. The van der Waals surface area contributed by atoms with Crippen LogP contribution in [0, 0.1) is 6.92 Å².